The first kappa shape index (κ1) is 11.3. The highest BCUT2D eigenvalue weighted by Crippen LogP contribution is 2.30. The van der Waals surface area contributed by atoms with Crippen molar-refractivity contribution in [3.8, 4) is 5.75 Å². The summed E-state index contributed by atoms with van der Waals surface area (Å²) < 4.78 is 11.2. The molecular weight excluding hydrogens is 202 g/mol. The van der Waals surface area contributed by atoms with Gasteiger partial charge in [0, 0.05) is 17.9 Å². The lowest BCUT2D eigenvalue weighted by atomic mass is 10.2. The Morgan fingerprint density at radius 2 is 2.19 bits per heavy atom. The molecule has 0 spiro atoms. The molecule has 0 atom stereocenters. The third-order valence-electron chi connectivity index (χ3n) is 2.69. The van der Waals surface area contributed by atoms with E-state index in [4.69, 9.17) is 15.2 Å². The van der Waals surface area contributed by atoms with E-state index in [1.165, 1.54) is 12.8 Å². The third-order valence-corrected chi connectivity index (χ3v) is 2.69. The standard InChI is InChI=1S/C13H19NO2/c1-2-16-13-6-5-12(14)7-11(13)9-15-8-10-3-4-10/h5-7,10H,2-4,8-9,14H2,1H3. The molecule has 16 heavy (non-hydrogen) atoms. The van der Waals surface area contributed by atoms with Crippen LogP contribution in [-0.2, 0) is 11.3 Å². The average Bonchev–Trinajstić information content (AvgIpc) is 3.06. The average molecular weight is 221 g/mol. The van der Waals surface area contributed by atoms with Gasteiger partial charge < -0.3 is 15.2 Å². The Kier molecular flexibility index (Phi) is 3.67. The summed E-state index contributed by atoms with van der Waals surface area (Å²) in [6, 6.07) is 5.70. The van der Waals surface area contributed by atoms with E-state index in [-0.39, 0.29) is 0 Å². The van der Waals surface area contributed by atoms with Crippen molar-refractivity contribution in [1.29, 1.82) is 0 Å². The van der Waals surface area contributed by atoms with E-state index >= 15 is 0 Å². The van der Waals surface area contributed by atoms with Gasteiger partial charge >= 0.3 is 0 Å². The summed E-state index contributed by atoms with van der Waals surface area (Å²) in [4.78, 5) is 0. The van der Waals surface area contributed by atoms with E-state index < -0.39 is 0 Å². The summed E-state index contributed by atoms with van der Waals surface area (Å²) in [6.45, 7) is 4.10. The van der Waals surface area contributed by atoms with Crippen molar-refractivity contribution in [3.63, 3.8) is 0 Å². The molecule has 0 radical (unpaired) electrons. The minimum Gasteiger partial charge on any atom is -0.494 e. The molecule has 0 amide bonds. The molecule has 0 aliphatic heterocycles. The Bertz CT molecular complexity index is 348. The summed E-state index contributed by atoms with van der Waals surface area (Å²) >= 11 is 0. The lowest BCUT2D eigenvalue weighted by Crippen LogP contribution is -2.02. The van der Waals surface area contributed by atoms with Gasteiger partial charge in [-0.1, -0.05) is 0 Å². The van der Waals surface area contributed by atoms with E-state index in [0.29, 0.717) is 13.2 Å². The predicted molar refractivity (Wildman–Crippen MR) is 64.4 cm³/mol. The second-order valence-corrected chi connectivity index (χ2v) is 4.26. The number of hydrogen-bond donors (Lipinski definition) is 1. The van der Waals surface area contributed by atoms with Gasteiger partial charge in [0.15, 0.2) is 0 Å². The minimum atomic E-state index is 0.594. The van der Waals surface area contributed by atoms with E-state index in [2.05, 4.69) is 0 Å². The lowest BCUT2D eigenvalue weighted by molar-refractivity contribution is 0.109. The van der Waals surface area contributed by atoms with Gasteiger partial charge in [0.2, 0.25) is 0 Å². The Morgan fingerprint density at radius 3 is 2.88 bits per heavy atom. The molecule has 1 aliphatic rings. The molecule has 88 valence electrons. The fourth-order valence-corrected chi connectivity index (χ4v) is 1.63. The van der Waals surface area contributed by atoms with Crippen LogP contribution in [0.25, 0.3) is 0 Å². The van der Waals surface area contributed by atoms with Crippen molar-refractivity contribution < 1.29 is 9.47 Å². The van der Waals surface area contributed by atoms with Gasteiger partial charge in [0.25, 0.3) is 0 Å². The fourth-order valence-electron chi connectivity index (χ4n) is 1.63. The molecule has 1 fully saturated rings. The van der Waals surface area contributed by atoms with Crippen LogP contribution in [0.1, 0.15) is 25.3 Å². The molecule has 0 unspecified atom stereocenters. The topological polar surface area (TPSA) is 44.5 Å². The Labute approximate surface area is 96.5 Å². The number of anilines is 1. The van der Waals surface area contributed by atoms with Crippen LogP contribution in [0.2, 0.25) is 0 Å². The monoisotopic (exact) mass is 221 g/mol. The summed E-state index contributed by atoms with van der Waals surface area (Å²) in [5, 5.41) is 0. The van der Waals surface area contributed by atoms with Gasteiger partial charge in [0.05, 0.1) is 13.2 Å². The number of ether oxygens (including phenoxy) is 2. The molecule has 1 aromatic rings. The molecule has 0 heterocycles. The van der Waals surface area contributed by atoms with Gasteiger partial charge in [-0.15, -0.1) is 0 Å². The maximum Gasteiger partial charge on any atom is 0.124 e. The van der Waals surface area contributed by atoms with Crippen molar-refractivity contribution >= 4 is 5.69 Å². The van der Waals surface area contributed by atoms with Crippen LogP contribution in [0.5, 0.6) is 5.75 Å². The van der Waals surface area contributed by atoms with Crippen LogP contribution in [0.15, 0.2) is 18.2 Å². The fraction of sp³-hybridized carbons (Fsp3) is 0.538. The van der Waals surface area contributed by atoms with Crippen LogP contribution in [0.4, 0.5) is 5.69 Å². The molecule has 2 rings (SSSR count). The van der Waals surface area contributed by atoms with Gasteiger partial charge in [-0.3, -0.25) is 0 Å². The molecular formula is C13H19NO2. The van der Waals surface area contributed by atoms with Crippen molar-refractivity contribution in [2.45, 2.75) is 26.4 Å². The van der Waals surface area contributed by atoms with Gasteiger partial charge in [0.1, 0.15) is 5.75 Å². The Hall–Kier alpha value is -1.22. The van der Waals surface area contributed by atoms with E-state index in [9.17, 15) is 0 Å². The number of benzene rings is 1. The van der Waals surface area contributed by atoms with Gasteiger partial charge in [-0.25, -0.2) is 0 Å². The Balaban J connectivity index is 1.94. The van der Waals surface area contributed by atoms with Gasteiger partial charge in [-0.05, 0) is 43.9 Å². The molecule has 1 saturated carbocycles. The molecule has 3 heteroatoms. The Morgan fingerprint density at radius 1 is 1.38 bits per heavy atom. The van der Waals surface area contributed by atoms with E-state index in [1.54, 1.807) is 0 Å². The van der Waals surface area contributed by atoms with Crippen molar-refractivity contribution in [3.05, 3.63) is 23.8 Å². The number of hydrogen-bond acceptors (Lipinski definition) is 3. The minimum absolute atomic E-state index is 0.594. The third kappa shape index (κ3) is 3.14. The normalized spacial score (nSPS) is 15.1. The smallest absolute Gasteiger partial charge is 0.124 e. The zero-order chi connectivity index (χ0) is 11.4. The zero-order valence-electron chi connectivity index (χ0n) is 9.74. The van der Waals surface area contributed by atoms with Crippen LogP contribution < -0.4 is 10.5 Å². The second-order valence-electron chi connectivity index (χ2n) is 4.26. The van der Waals surface area contributed by atoms with Crippen molar-refractivity contribution in [2.24, 2.45) is 5.92 Å². The summed E-state index contributed by atoms with van der Waals surface area (Å²) in [5.74, 6) is 1.67. The number of rotatable bonds is 6. The molecule has 1 aromatic carbocycles. The molecule has 1 aliphatic carbocycles. The maximum absolute atomic E-state index is 5.76. The predicted octanol–water partition coefficient (Wildman–Crippen LogP) is 2.59. The van der Waals surface area contributed by atoms with Gasteiger partial charge in [-0.2, -0.15) is 0 Å². The first-order chi connectivity index (χ1) is 7.79. The largest absolute Gasteiger partial charge is 0.494 e. The van der Waals surface area contributed by atoms with Crippen molar-refractivity contribution in [1.82, 2.24) is 0 Å². The van der Waals surface area contributed by atoms with E-state index in [0.717, 1.165) is 29.5 Å². The van der Waals surface area contributed by atoms with Crippen LogP contribution in [0.3, 0.4) is 0 Å². The molecule has 3 nitrogen and oxygen atoms in total. The number of nitrogens with two attached hydrogens (primary N) is 1. The highest BCUT2D eigenvalue weighted by Gasteiger charge is 2.21. The van der Waals surface area contributed by atoms with E-state index in [1.807, 2.05) is 25.1 Å². The lowest BCUT2D eigenvalue weighted by Gasteiger charge is -2.11. The molecule has 0 saturated heterocycles. The SMILES string of the molecule is CCOc1ccc(N)cc1COCC1CC1. The van der Waals surface area contributed by atoms with Crippen LogP contribution in [-0.4, -0.2) is 13.2 Å². The molecule has 0 aromatic heterocycles. The van der Waals surface area contributed by atoms with Crippen LogP contribution in [0, 0.1) is 5.92 Å². The van der Waals surface area contributed by atoms with Crippen molar-refractivity contribution in [2.75, 3.05) is 18.9 Å². The van der Waals surface area contributed by atoms with Crippen LogP contribution >= 0.6 is 0 Å². The molecule has 2 N–H and O–H groups in total. The second kappa shape index (κ2) is 5.21. The maximum atomic E-state index is 5.76. The molecule has 0 bridgehead atoms. The summed E-state index contributed by atoms with van der Waals surface area (Å²) in [6.07, 6.45) is 2.63. The first-order valence-corrected chi connectivity index (χ1v) is 5.88. The number of nitrogen functional groups attached to an aromatic ring is 1. The summed E-state index contributed by atoms with van der Waals surface area (Å²) in [7, 11) is 0. The quantitative estimate of drug-likeness (QED) is 0.751. The summed E-state index contributed by atoms with van der Waals surface area (Å²) in [5.41, 5.74) is 7.56. The first-order valence-electron chi connectivity index (χ1n) is 5.88. The zero-order valence-corrected chi connectivity index (χ0v) is 9.74. The highest BCUT2D eigenvalue weighted by atomic mass is 16.5. The highest BCUT2D eigenvalue weighted by molar-refractivity contribution is 5.47.